The third-order valence-electron chi connectivity index (χ3n) is 3.14. The van der Waals surface area contributed by atoms with Crippen LogP contribution in [0.1, 0.15) is 19.7 Å². The maximum absolute atomic E-state index is 12.1. The Morgan fingerprint density at radius 1 is 1.39 bits per heavy atom. The van der Waals surface area contributed by atoms with E-state index in [0.29, 0.717) is 13.1 Å². The minimum Gasteiger partial charge on any atom is -0.341 e. The van der Waals surface area contributed by atoms with Crippen LogP contribution in [0, 0.1) is 6.92 Å². The summed E-state index contributed by atoms with van der Waals surface area (Å²) in [6, 6.07) is 0. The zero-order chi connectivity index (χ0) is 13.3. The molecule has 0 radical (unpaired) electrons. The first-order chi connectivity index (χ1) is 8.40. The summed E-state index contributed by atoms with van der Waals surface area (Å²) in [6.07, 6.45) is 3.60. The van der Waals surface area contributed by atoms with Crippen LogP contribution < -0.4 is 5.32 Å². The highest BCUT2D eigenvalue weighted by molar-refractivity contribution is 5.97. The van der Waals surface area contributed by atoms with Crippen molar-refractivity contribution in [2.45, 2.75) is 32.9 Å². The quantitative estimate of drug-likeness (QED) is 0.816. The third kappa shape index (κ3) is 2.37. The second-order valence-electron chi connectivity index (χ2n) is 5.07. The van der Waals surface area contributed by atoms with Crippen molar-refractivity contribution < 1.29 is 9.59 Å². The SMILES string of the molecule is Cc1nccn1CCN1CC(=O)NC(C)(C)C1=O. The average molecular weight is 250 g/mol. The maximum Gasteiger partial charge on any atom is 0.248 e. The van der Waals surface area contributed by atoms with Crippen LogP contribution >= 0.6 is 0 Å². The van der Waals surface area contributed by atoms with Gasteiger partial charge in [-0.3, -0.25) is 9.59 Å². The number of hydrogen-bond donors (Lipinski definition) is 1. The summed E-state index contributed by atoms with van der Waals surface area (Å²) in [5.74, 6) is 0.755. The van der Waals surface area contributed by atoms with Crippen molar-refractivity contribution in [1.29, 1.82) is 0 Å². The van der Waals surface area contributed by atoms with E-state index in [2.05, 4.69) is 10.3 Å². The van der Waals surface area contributed by atoms with Gasteiger partial charge in [-0.2, -0.15) is 0 Å². The number of aromatic nitrogens is 2. The lowest BCUT2D eigenvalue weighted by Gasteiger charge is -2.37. The maximum atomic E-state index is 12.1. The number of aryl methyl sites for hydroxylation is 1. The molecule has 0 aromatic carbocycles. The highest BCUT2D eigenvalue weighted by Crippen LogP contribution is 2.13. The van der Waals surface area contributed by atoms with Crippen molar-refractivity contribution in [3.63, 3.8) is 0 Å². The molecule has 2 rings (SSSR count). The van der Waals surface area contributed by atoms with Crippen molar-refractivity contribution >= 4 is 11.8 Å². The number of carbonyl (C=O) groups excluding carboxylic acids is 2. The van der Waals surface area contributed by atoms with Crippen LogP contribution in [0.25, 0.3) is 0 Å². The molecule has 0 aliphatic carbocycles. The summed E-state index contributed by atoms with van der Waals surface area (Å²) in [5, 5.41) is 2.69. The third-order valence-corrected chi connectivity index (χ3v) is 3.14. The van der Waals surface area contributed by atoms with E-state index in [1.54, 1.807) is 24.9 Å². The number of piperazine rings is 1. The molecule has 2 amide bonds. The fourth-order valence-electron chi connectivity index (χ4n) is 2.13. The van der Waals surface area contributed by atoms with E-state index in [4.69, 9.17) is 0 Å². The first-order valence-corrected chi connectivity index (χ1v) is 5.98. The van der Waals surface area contributed by atoms with E-state index >= 15 is 0 Å². The Morgan fingerprint density at radius 2 is 2.11 bits per heavy atom. The van der Waals surface area contributed by atoms with Crippen molar-refractivity contribution in [2.75, 3.05) is 13.1 Å². The molecule has 0 unspecified atom stereocenters. The van der Waals surface area contributed by atoms with E-state index < -0.39 is 5.54 Å². The molecule has 0 bridgehead atoms. The molecule has 0 saturated carbocycles. The predicted octanol–water partition coefficient (Wildman–Crippen LogP) is -0.0715. The van der Waals surface area contributed by atoms with Gasteiger partial charge in [0.2, 0.25) is 11.8 Å². The van der Waals surface area contributed by atoms with E-state index in [9.17, 15) is 9.59 Å². The first kappa shape index (κ1) is 12.6. The molecule has 1 aliphatic heterocycles. The van der Waals surface area contributed by atoms with Crippen LogP contribution in [0.5, 0.6) is 0 Å². The van der Waals surface area contributed by atoms with Gasteiger partial charge >= 0.3 is 0 Å². The Morgan fingerprint density at radius 3 is 2.72 bits per heavy atom. The first-order valence-electron chi connectivity index (χ1n) is 5.98. The van der Waals surface area contributed by atoms with Crippen LogP contribution in [0.15, 0.2) is 12.4 Å². The van der Waals surface area contributed by atoms with Crippen LogP contribution in [-0.2, 0) is 16.1 Å². The predicted molar refractivity (Wildman–Crippen MR) is 65.8 cm³/mol. The second kappa shape index (κ2) is 4.44. The average Bonchev–Trinajstić information content (AvgIpc) is 2.67. The van der Waals surface area contributed by atoms with Crippen molar-refractivity contribution in [3.8, 4) is 0 Å². The number of rotatable bonds is 3. The molecule has 0 atom stereocenters. The van der Waals surface area contributed by atoms with Gasteiger partial charge in [-0.05, 0) is 20.8 Å². The van der Waals surface area contributed by atoms with E-state index in [1.807, 2.05) is 17.7 Å². The van der Waals surface area contributed by atoms with E-state index in [1.165, 1.54) is 0 Å². The molecule has 1 aromatic heterocycles. The molecule has 1 aliphatic rings. The monoisotopic (exact) mass is 250 g/mol. The zero-order valence-electron chi connectivity index (χ0n) is 10.9. The summed E-state index contributed by atoms with van der Waals surface area (Å²) < 4.78 is 1.97. The summed E-state index contributed by atoms with van der Waals surface area (Å²) in [4.78, 5) is 29.4. The molecule has 0 spiro atoms. The van der Waals surface area contributed by atoms with E-state index in [0.717, 1.165) is 5.82 Å². The van der Waals surface area contributed by atoms with Crippen LogP contribution in [0.2, 0.25) is 0 Å². The number of hydrogen-bond acceptors (Lipinski definition) is 3. The lowest BCUT2D eigenvalue weighted by atomic mass is 10.0. The van der Waals surface area contributed by atoms with Crippen LogP contribution in [-0.4, -0.2) is 44.9 Å². The fraction of sp³-hybridized carbons (Fsp3) is 0.583. The topological polar surface area (TPSA) is 67.2 Å². The van der Waals surface area contributed by atoms with Gasteiger partial charge in [-0.15, -0.1) is 0 Å². The number of imidazole rings is 1. The van der Waals surface area contributed by atoms with Crippen molar-refractivity contribution in [3.05, 3.63) is 18.2 Å². The minimum absolute atomic E-state index is 0.0418. The Hall–Kier alpha value is -1.85. The molecule has 1 fully saturated rings. The molecule has 6 nitrogen and oxygen atoms in total. The molecular weight excluding hydrogens is 232 g/mol. The second-order valence-corrected chi connectivity index (χ2v) is 5.07. The van der Waals surface area contributed by atoms with Crippen molar-refractivity contribution in [1.82, 2.24) is 19.8 Å². The molecule has 1 N–H and O–H groups in total. The molecule has 6 heteroatoms. The van der Waals surface area contributed by atoms with Gasteiger partial charge in [0.25, 0.3) is 0 Å². The Bertz CT molecular complexity index is 478. The molecular formula is C12H18N4O2. The van der Waals surface area contributed by atoms with Gasteiger partial charge in [-0.1, -0.05) is 0 Å². The van der Waals surface area contributed by atoms with Gasteiger partial charge in [0, 0.05) is 25.5 Å². The van der Waals surface area contributed by atoms with Gasteiger partial charge in [0.1, 0.15) is 11.4 Å². The Labute approximate surface area is 106 Å². The van der Waals surface area contributed by atoms with E-state index in [-0.39, 0.29) is 18.4 Å². The molecule has 18 heavy (non-hydrogen) atoms. The lowest BCUT2D eigenvalue weighted by molar-refractivity contribution is -0.148. The number of nitrogens with zero attached hydrogens (tertiary/aromatic N) is 3. The Balaban J connectivity index is 2.02. The summed E-state index contributed by atoms with van der Waals surface area (Å²) in [5.41, 5.74) is -0.806. The standard InChI is InChI=1S/C12H18N4O2/c1-9-13-4-5-15(9)6-7-16-8-10(17)14-12(2,3)11(16)18/h4-5H,6-8H2,1-3H3,(H,14,17). The number of carbonyl (C=O) groups is 2. The summed E-state index contributed by atoms with van der Waals surface area (Å²) in [7, 11) is 0. The molecule has 98 valence electrons. The molecule has 2 heterocycles. The fourth-order valence-corrected chi connectivity index (χ4v) is 2.13. The highest BCUT2D eigenvalue weighted by atomic mass is 16.2. The van der Waals surface area contributed by atoms with Gasteiger partial charge < -0.3 is 14.8 Å². The highest BCUT2D eigenvalue weighted by Gasteiger charge is 2.38. The summed E-state index contributed by atoms with van der Waals surface area (Å²) >= 11 is 0. The normalized spacial score (nSPS) is 18.9. The summed E-state index contributed by atoms with van der Waals surface area (Å²) in [6.45, 7) is 6.67. The van der Waals surface area contributed by atoms with Crippen molar-refractivity contribution in [2.24, 2.45) is 0 Å². The number of nitrogens with one attached hydrogen (secondary N) is 1. The number of amides is 2. The van der Waals surface area contributed by atoms with Crippen LogP contribution in [0.4, 0.5) is 0 Å². The Kier molecular flexibility index (Phi) is 3.11. The lowest BCUT2D eigenvalue weighted by Crippen LogP contribution is -2.64. The zero-order valence-corrected chi connectivity index (χ0v) is 10.9. The molecule has 1 aromatic rings. The molecule has 1 saturated heterocycles. The van der Waals surface area contributed by atoms with Gasteiger partial charge in [0.05, 0.1) is 6.54 Å². The van der Waals surface area contributed by atoms with Gasteiger partial charge in [0.15, 0.2) is 0 Å². The smallest absolute Gasteiger partial charge is 0.248 e. The van der Waals surface area contributed by atoms with Crippen LogP contribution in [0.3, 0.4) is 0 Å². The largest absolute Gasteiger partial charge is 0.341 e. The van der Waals surface area contributed by atoms with Gasteiger partial charge in [-0.25, -0.2) is 4.98 Å². The minimum atomic E-state index is -0.806.